The number of carbonyl (C=O) groups is 1. The van der Waals surface area contributed by atoms with Gasteiger partial charge in [0, 0.05) is 24.7 Å². The molecule has 3 rings (SSSR count). The van der Waals surface area contributed by atoms with Crippen molar-refractivity contribution < 1.29 is 4.79 Å². The Kier molecular flexibility index (Phi) is 5.08. The van der Waals surface area contributed by atoms with E-state index in [0.29, 0.717) is 17.3 Å². The average molecular weight is 331 g/mol. The molecule has 1 N–H and O–H groups in total. The molecule has 0 atom stereocenters. The Morgan fingerprint density at radius 3 is 2.52 bits per heavy atom. The number of aromatic nitrogens is 2. The number of hydrogen-bond donors (Lipinski definition) is 1. The van der Waals surface area contributed by atoms with Crippen molar-refractivity contribution in [3.8, 4) is 0 Å². The summed E-state index contributed by atoms with van der Waals surface area (Å²) in [6.07, 6.45) is 6.36. The molecule has 0 bridgehead atoms. The zero-order chi connectivity index (χ0) is 16.1. The van der Waals surface area contributed by atoms with Crippen LogP contribution in [-0.2, 0) is 6.42 Å². The van der Waals surface area contributed by atoms with Gasteiger partial charge in [0.1, 0.15) is 11.5 Å². The SMILES string of the molecule is O=C(NCCc1ccc(Cl)cc1)c1cnc(N2CCCC2)cn1. The molecule has 23 heavy (non-hydrogen) atoms. The third kappa shape index (κ3) is 4.20. The van der Waals surface area contributed by atoms with Crippen LogP contribution in [0.5, 0.6) is 0 Å². The topological polar surface area (TPSA) is 58.1 Å². The molecule has 120 valence electrons. The molecule has 1 amide bonds. The molecule has 1 aromatic carbocycles. The van der Waals surface area contributed by atoms with Gasteiger partial charge in [0.2, 0.25) is 0 Å². The van der Waals surface area contributed by atoms with Crippen LogP contribution in [-0.4, -0.2) is 35.5 Å². The largest absolute Gasteiger partial charge is 0.355 e. The monoisotopic (exact) mass is 330 g/mol. The van der Waals surface area contributed by atoms with Crippen LogP contribution in [0.15, 0.2) is 36.7 Å². The van der Waals surface area contributed by atoms with Crippen molar-refractivity contribution in [3.63, 3.8) is 0 Å². The van der Waals surface area contributed by atoms with Gasteiger partial charge in [-0.05, 0) is 37.0 Å². The number of halogens is 1. The number of rotatable bonds is 5. The molecule has 1 aromatic heterocycles. The number of amides is 1. The minimum absolute atomic E-state index is 0.195. The van der Waals surface area contributed by atoms with Crippen LogP contribution < -0.4 is 10.2 Å². The standard InChI is InChI=1S/C17H19ClN4O/c18-14-5-3-13(4-6-14)7-8-19-17(23)15-11-21-16(12-20-15)22-9-1-2-10-22/h3-6,11-12H,1-2,7-10H2,(H,19,23). The van der Waals surface area contributed by atoms with Crippen LogP contribution in [0, 0.1) is 0 Å². The van der Waals surface area contributed by atoms with Gasteiger partial charge in [-0.15, -0.1) is 0 Å². The van der Waals surface area contributed by atoms with Crippen molar-refractivity contribution in [1.82, 2.24) is 15.3 Å². The van der Waals surface area contributed by atoms with E-state index in [4.69, 9.17) is 11.6 Å². The summed E-state index contributed by atoms with van der Waals surface area (Å²) in [5.41, 5.74) is 1.48. The quantitative estimate of drug-likeness (QED) is 0.915. The van der Waals surface area contributed by atoms with Crippen LogP contribution in [0.2, 0.25) is 5.02 Å². The summed E-state index contributed by atoms with van der Waals surface area (Å²) in [5.74, 6) is 0.652. The minimum atomic E-state index is -0.195. The first-order valence-corrected chi connectivity index (χ1v) is 8.20. The highest BCUT2D eigenvalue weighted by atomic mass is 35.5. The molecular formula is C17H19ClN4O. The van der Waals surface area contributed by atoms with Crippen molar-refractivity contribution in [2.75, 3.05) is 24.5 Å². The molecule has 6 heteroatoms. The minimum Gasteiger partial charge on any atom is -0.355 e. The van der Waals surface area contributed by atoms with E-state index in [-0.39, 0.29) is 5.91 Å². The second-order valence-corrected chi connectivity index (χ2v) is 6.02. The number of anilines is 1. The summed E-state index contributed by atoms with van der Waals surface area (Å²) in [7, 11) is 0. The predicted molar refractivity (Wildman–Crippen MR) is 91.0 cm³/mol. The average Bonchev–Trinajstić information content (AvgIpc) is 3.11. The number of nitrogens with one attached hydrogen (secondary N) is 1. The summed E-state index contributed by atoms with van der Waals surface area (Å²) in [4.78, 5) is 22.8. The Morgan fingerprint density at radius 1 is 1.13 bits per heavy atom. The number of carbonyl (C=O) groups excluding carboxylic acids is 1. The van der Waals surface area contributed by atoms with Gasteiger partial charge >= 0.3 is 0 Å². The Balaban J connectivity index is 1.50. The molecular weight excluding hydrogens is 312 g/mol. The number of benzene rings is 1. The molecule has 2 heterocycles. The lowest BCUT2D eigenvalue weighted by Crippen LogP contribution is -2.27. The van der Waals surface area contributed by atoms with E-state index < -0.39 is 0 Å². The fourth-order valence-electron chi connectivity index (χ4n) is 2.61. The molecule has 1 aliphatic heterocycles. The van der Waals surface area contributed by atoms with Crippen LogP contribution in [0.4, 0.5) is 5.82 Å². The van der Waals surface area contributed by atoms with Crippen LogP contribution in [0.25, 0.3) is 0 Å². The van der Waals surface area contributed by atoms with Crippen molar-refractivity contribution in [1.29, 1.82) is 0 Å². The van der Waals surface area contributed by atoms with E-state index >= 15 is 0 Å². The summed E-state index contributed by atoms with van der Waals surface area (Å²) in [6.45, 7) is 2.58. The molecule has 0 aliphatic carbocycles. The first kappa shape index (κ1) is 15.7. The second-order valence-electron chi connectivity index (χ2n) is 5.59. The Bertz CT molecular complexity index is 651. The van der Waals surface area contributed by atoms with Gasteiger partial charge in [0.05, 0.1) is 12.4 Å². The van der Waals surface area contributed by atoms with Gasteiger partial charge in [0.25, 0.3) is 5.91 Å². The molecule has 0 unspecified atom stereocenters. The van der Waals surface area contributed by atoms with E-state index in [1.807, 2.05) is 24.3 Å². The highest BCUT2D eigenvalue weighted by Gasteiger charge is 2.15. The Hall–Kier alpha value is -2.14. The molecule has 0 spiro atoms. The summed E-state index contributed by atoms with van der Waals surface area (Å²) in [5, 5.41) is 3.58. The van der Waals surface area contributed by atoms with Crippen molar-refractivity contribution in [2.45, 2.75) is 19.3 Å². The smallest absolute Gasteiger partial charge is 0.271 e. The van der Waals surface area contributed by atoms with Gasteiger partial charge in [0.15, 0.2) is 0 Å². The summed E-state index contributed by atoms with van der Waals surface area (Å²) < 4.78 is 0. The van der Waals surface area contributed by atoms with Gasteiger partial charge < -0.3 is 10.2 Å². The summed E-state index contributed by atoms with van der Waals surface area (Å²) >= 11 is 5.85. The maximum atomic E-state index is 12.1. The number of nitrogens with zero attached hydrogens (tertiary/aromatic N) is 3. The van der Waals surface area contributed by atoms with Gasteiger partial charge in [-0.25, -0.2) is 9.97 Å². The van der Waals surface area contributed by atoms with E-state index in [1.165, 1.54) is 12.8 Å². The molecule has 0 saturated carbocycles. The Labute approximate surface area is 140 Å². The normalized spacial score (nSPS) is 14.0. The molecule has 5 nitrogen and oxygen atoms in total. The zero-order valence-electron chi connectivity index (χ0n) is 12.8. The first-order chi connectivity index (χ1) is 11.2. The van der Waals surface area contributed by atoms with E-state index in [0.717, 1.165) is 30.9 Å². The lowest BCUT2D eigenvalue weighted by molar-refractivity contribution is 0.0949. The Morgan fingerprint density at radius 2 is 1.87 bits per heavy atom. The maximum absolute atomic E-state index is 12.1. The van der Waals surface area contributed by atoms with E-state index in [9.17, 15) is 4.79 Å². The van der Waals surface area contributed by atoms with Crippen molar-refractivity contribution in [3.05, 3.63) is 52.9 Å². The van der Waals surface area contributed by atoms with Crippen LogP contribution in [0.3, 0.4) is 0 Å². The van der Waals surface area contributed by atoms with E-state index in [1.54, 1.807) is 12.4 Å². The third-order valence-electron chi connectivity index (χ3n) is 3.91. The van der Waals surface area contributed by atoms with E-state index in [2.05, 4.69) is 20.2 Å². The van der Waals surface area contributed by atoms with Crippen LogP contribution >= 0.6 is 11.6 Å². The van der Waals surface area contributed by atoms with Crippen molar-refractivity contribution >= 4 is 23.3 Å². The highest BCUT2D eigenvalue weighted by molar-refractivity contribution is 6.30. The second kappa shape index (κ2) is 7.42. The molecule has 1 aliphatic rings. The van der Waals surface area contributed by atoms with Gasteiger partial charge in [-0.3, -0.25) is 4.79 Å². The third-order valence-corrected chi connectivity index (χ3v) is 4.17. The molecule has 1 saturated heterocycles. The fourth-order valence-corrected chi connectivity index (χ4v) is 2.74. The highest BCUT2D eigenvalue weighted by Crippen LogP contribution is 2.16. The summed E-state index contributed by atoms with van der Waals surface area (Å²) in [6, 6.07) is 7.61. The van der Waals surface area contributed by atoms with Gasteiger partial charge in [-0.2, -0.15) is 0 Å². The first-order valence-electron chi connectivity index (χ1n) is 7.82. The molecule has 0 radical (unpaired) electrons. The fraction of sp³-hybridized carbons (Fsp3) is 0.353. The predicted octanol–water partition coefficient (Wildman–Crippen LogP) is 2.70. The molecule has 1 fully saturated rings. The van der Waals surface area contributed by atoms with Crippen molar-refractivity contribution in [2.24, 2.45) is 0 Å². The zero-order valence-corrected chi connectivity index (χ0v) is 13.6. The molecule has 2 aromatic rings. The van der Waals surface area contributed by atoms with Gasteiger partial charge in [-0.1, -0.05) is 23.7 Å². The lowest BCUT2D eigenvalue weighted by Gasteiger charge is -2.15. The van der Waals surface area contributed by atoms with Crippen LogP contribution in [0.1, 0.15) is 28.9 Å². The number of hydrogen-bond acceptors (Lipinski definition) is 4. The maximum Gasteiger partial charge on any atom is 0.271 e. The lowest BCUT2D eigenvalue weighted by atomic mass is 10.1.